The molecule has 0 radical (unpaired) electrons. The summed E-state index contributed by atoms with van der Waals surface area (Å²) in [6.45, 7) is 6.71. The first-order chi connectivity index (χ1) is 14.4. The Bertz CT molecular complexity index is 1160. The van der Waals surface area contributed by atoms with Crippen molar-refractivity contribution in [3.8, 4) is 0 Å². The van der Waals surface area contributed by atoms with Crippen molar-refractivity contribution >= 4 is 28.5 Å². The van der Waals surface area contributed by atoms with Crippen LogP contribution in [-0.2, 0) is 21.9 Å². The zero-order valence-electron chi connectivity index (χ0n) is 17.2. The molecule has 0 aromatic carbocycles. The van der Waals surface area contributed by atoms with E-state index in [1.165, 1.54) is 0 Å². The van der Waals surface area contributed by atoms with Gasteiger partial charge >= 0.3 is 0 Å². The van der Waals surface area contributed by atoms with Crippen molar-refractivity contribution in [1.29, 1.82) is 0 Å². The highest BCUT2D eigenvalue weighted by atomic mass is 35.5. The topological polar surface area (TPSA) is 105 Å². The fraction of sp³-hybridized carbons (Fsp3) is 0.632. The molecular formula is C19H23ClN8O2. The van der Waals surface area contributed by atoms with Gasteiger partial charge in [0.25, 0.3) is 0 Å². The summed E-state index contributed by atoms with van der Waals surface area (Å²) in [6, 6.07) is 1.81. The lowest BCUT2D eigenvalue weighted by Gasteiger charge is -2.24. The Kier molecular flexibility index (Phi) is 3.63. The molecule has 1 aliphatic heterocycles. The number of halogens is 1. The van der Waals surface area contributed by atoms with E-state index in [1.807, 2.05) is 40.2 Å². The first kappa shape index (κ1) is 18.5. The second kappa shape index (κ2) is 5.89. The van der Waals surface area contributed by atoms with Crippen molar-refractivity contribution in [3.05, 3.63) is 23.4 Å². The first-order valence-electron chi connectivity index (χ1n) is 10.2. The van der Waals surface area contributed by atoms with E-state index in [9.17, 15) is 0 Å². The van der Waals surface area contributed by atoms with Gasteiger partial charge in [-0.05, 0) is 43.5 Å². The van der Waals surface area contributed by atoms with Crippen molar-refractivity contribution in [2.75, 3.05) is 11.9 Å². The molecule has 2 saturated carbocycles. The van der Waals surface area contributed by atoms with Gasteiger partial charge in [-0.2, -0.15) is 0 Å². The number of rotatable bonds is 4. The van der Waals surface area contributed by atoms with Crippen LogP contribution >= 0.6 is 11.6 Å². The Labute approximate surface area is 177 Å². The monoisotopic (exact) mass is 430 g/mol. The summed E-state index contributed by atoms with van der Waals surface area (Å²) < 4.78 is 16.7. The molecule has 6 rings (SSSR count). The molecule has 1 N–H and O–H groups in total. The second-order valence-electron chi connectivity index (χ2n) is 8.84. The van der Waals surface area contributed by atoms with Gasteiger partial charge in [-0.25, -0.2) is 14.6 Å². The van der Waals surface area contributed by atoms with Gasteiger partial charge in [0.15, 0.2) is 17.3 Å². The minimum atomic E-state index is -0.684. The van der Waals surface area contributed by atoms with Crippen LogP contribution in [0.1, 0.15) is 39.1 Å². The van der Waals surface area contributed by atoms with Gasteiger partial charge in [-0.3, -0.25) is 0 Å². The van der Waals surface area contributed by atoms with Gasteiger partial charge in [0, 0.05) is 19.7 Å². The Morgan fingerprint density at radius 2 is 2.17 bits per heavy atom. The standard InChI is InChI=1S/C19H23ClN8O2/c1-5-21-10-6-11(20)23-16-12(10)22-8-28(16)13-9-7-19(9,17-24-25-26-27(17)4)15-14(13)29-18(2,3)30-15/h6,8-9,13-15H,5,7H2,1-4H3,(H,21,23)/t9-,13-,14+,15+,19+/m1/s1. The maximum absolute atomic E-state index is 6.41. The third-order valence-corrected chi connectivity index (χ3v) is 6.86. The van der Waals surface area contributed by atoms with Crippen molar-refractivity contribution in [2.45, 2.75) is 56.6 Å². The maximum atomic E-state index is 6.41. The molecule has 0 amide bonds. The molecule has 10 nitrogen and oxygen atoms in total. The van der Waals surface area contributed by atoms with E-state index in [0.29, 0.717) is 5.15 Å². The van der Waals surface area contributed by atoms with E-state index in [2.05, 4.69) is 35.4 Å². The molecule has 1 saturated heterocycles. The Balaban J connectivity index is 1.50. The molecule has 0 unspecified atom stereocenters. The first-order valence-corrected chi connectivity index (χ1v) is 10.6. The number of aromatic nitrogens is 7. The van der Waals surface area contributed by atoms with Crippen LogP contribution in [-0.4, -0.2) is 59.3 Å². The van der Waals surface area contributed by atoms with E-state index in [4.69, 9.17) is 21.1 Å². The number of nitrogens with zero attached hydrogens (tertiary/aromatic N) is 7. The molecule has 3 fully saturated rings. The highest BCUT2D eigenvalue weighted by molar-refractivity contribution is 6.30. The highest BCUT2D eigenvalue weighted by Gasteiger charge is 2.78. The fourth-order valence-corrected chi connectivity index (χ4v) is 5.79. The number of tetrazole rings is 1. The zero-order chi connectivity index (χ0) is 20.8. The average Bonchev–Trinajstić information content (AvgIpc) is 2.99. The predicted octanol–water partition coefficient (Wildman–Crippen LogP) is 2.07. The lowest BCUT2D eigenvalue weighted by molar-refractivity contribution is -0.158. The van der Waals surface area contributed by atoms with Crippen molar-refractivity contribution in [1.82, 2.24) is 34.7 Å². The summed E-state index contributed by atoms with van der Waals surface area (Å²) >= 11 is 6.35. The third kappa shape index (κ3) is 2.29. The van der Waals surface area contributed by atoms with Crippen LogP contribution in [0.5, 0.6) is 0 Å². The highest BCUT2D eigenvalue weighted by Crippen LogP contribution is 2.71. The molecule has 3 aromatic rings. The van der Waals surface area contributed by atoms with Crippen LogP contribution in [0.2, 0.25) is 5.15 Å². The molecule has 5 atom stereocenters. The smallest absolute Gasteiger partial charge is 0.164 e. The third-order valence-electron chi connectivity index (χ3n) is 6.67. The van der Waals surface area contributed by atoms with E-state index >= 15 is 0 Å². The minimum absolute atomic E-state index is 0.00100. The Morgan fingerprint density at radius 3 is 2.90 bits per heavy atom. The Morgan fingerprint density at radius 1 is 1.33 bits per heavy atom. The van der Waals surface area contributed by atoms with Gasteiger partial charge in [0.05, 0.1) is 23.5 Å². The predicted molar refractivity (Wildman–Crippen MR) is 108 cm³/mol. The molecule has 0 bridgehead atoms. The molecule has 158 valence electrons. The van der Waals surface area contributed by atoms with Crippen LogP contribution in [0, 0.1) is 5.92 Å². The molecule has 30 heavy (non-hydrogen) atoms. The largest absolute Gasteiger partial charge is 0.383 e. The quantitative estimate of drug-likeness (QED) is 0.627. The van der Waals surface area contributed by atoms with Gasteiger partial charge in [0.2, 0.25) is 0 Å². The lowest BCUT2D eigenvalue weighted by Crippen LogP contribution is -2.35. The number of aryl methyl sites for hydroxylation is 1. The summed E-state index contributed by atoms with van der Waals surface area (Å²) in [5.74, 6) is 0.417. The molecule has 3 aromatic heterocycles. The number of anilines is 1. The second-order valence-corrected chi connectivity index (χ2v) is 9.22. The molecular weight excluding hydrogens is 408 g/mol. The van der Waals surface area contributed by atoms with E-state index < -0.39 is 5.79 Å². The minimum Gasteiger partial charge on any atom is -0.383 e. The van der Waals surface area contributed by atoms with Crippen LogP contribution in [0.4, 0.5) is 5.69 Å². The number of pyridine rings is 1. The summed E-state index contributed by atoms with van der Waals surface area (Å²) in [6.07, 6.45) is 2.47. The summed E-state index contributed by atoms with van der Waals surface area (Å²) in [4.78, 5) is 9.28. The average molecular weight is 431 g/mol. The number of ether oxygens (including phenoxy) is 2. The van der Waals surface area contributed by atoms with Gasteiger partial charge in [0.1, 0.15) is 22.9 Å². The van der Waals surface area contributed by atoms with Gasteiger partial charge < -0.3 is 19.4 Å². The van der Waals surface area contributed by atoms with Gasteiger partial charge in [-0.15, -0.1) is 5.10 Å². The van der Waals surface area contributed by atoms with Crippen molar-refractivity contribution < 1.29 is 9.47 Å². The molecule has 11 heteroatoms. The van der Waals surface area contributed by atoms with Gasteiger partial charge in [-0.1, -0.05) is 11.6 Å². The summed E-state index contributed by atoms with van der Waals surface area (Å²) in [5.41, 5.74) is 2.15. The molecule has 2 aliphatic carbocycles. The van der Waals surface area contributed by atoms with Crippen LogP contribution in [0.3, 0.4) is 0 Å². The fourth-order valence-electron chi connectivity index (χ4n) is 5.60. The number of fused-ring (bicyclic) bond motifs is 4. The van der Waals surface area contributed by atoms with Crippen molar-refractivity contribution in [2.24, 2.45) is 13.0 Å². The molecule has 0 spiro atoms. The summed E-state index contributed by atoms with van der Waals surface area (Å²) in [7, 11) is 1.87. The van der Waals surface area contributed by atoms with Crippen molar-refractivity contribution in [3.63, 3.8) is 0 Å². The number of imidazole rings is 1. The van der Waals surface area contributed by atoms with E-state index in [0.717, 1.165) is 35.6 Å². The maximum Gasteiger partial charge on any atom is 0.164 e. The number of nitrogens with one attached hydrogen (secondary N) is 1. The lowest BCUT2D eigenvalue weighted by atomic mass is 9.98. The molecule has 3 aliphatic rings. The number of hydrogen-bond acceptors (Lipinski definition) is 8. The normalized spacial score (nSPS) is 33.6. The zero-order valence-corrected chi connectivity index (χ0v) is 18.0. The van der Waals surface area contributed by atoms with E-state index in [-0.39, 0.29) is 29.6 Å². The van der Waals surface area contributed by atoms with Crippen LogP contribution < -0.4 is 5.32 Å². The Hall–Kier alpha value is -2.30. The molecule has 4 heterocycles. The number of hydrogen-bond donors (Lipinski definition) is 1. The van der Waals surface area contributed by atoms with Crippen LogP contribution in [0.15, 0.2) is 12.4 Å². The van der Waals surface area contributed by atoms with Crippen LogP contribution in [0.25, 0.3) is 11.2 Å². The summed E-state index contributed by atoms with van der Waals surface area (Å²) in [5, 5.41) is 16.0. The van der Waals surface area contributed by atoms with E-state index in [1.54, 1.807) is 4.68 Å². The SMILES string of the molecule is CCNc1cc(Cl)nc2c1ncn2[C@H]1[C@@H]2OC(C)(C)O[C@@H]2[C@]2(c3nnnn3C)C[C@H]12.